The molecule has 0 bridgehead atoms. The van der Waals surface area contributed by atoms with Gasteiger partial charge in [0.05, 0.1) is 0 Å². The average molecular weight is 260 g/mol. The molecule has 1 aromatic rings. The van der Waals surface area contributed by atoms with Gasteiger partial charge in [-0.25, -0.2) is 0 Å². The van der Waals surface area contributed by atoms with E-state index in [9.17, 15) is 4.79 Å². The molecule has 0 heterocycles. The van der Waals surface area contributed by atoms with Gasteiger partial charge in [-0.1, -0.05) is 38.8 Å². The number of Topliss-reactive ketones (excluding diaryl/α,β-unsaturated/α-hetero) is 1. The Bertz CT molecular complexity index is 443. The Kier molecular flexibility index (Phi) is 4.62. The molecular weight excluding hydrogens is 236 g/mol. The topological polar surface area (TPSA) is 26.3 Å². The summed E-state index contributed by atoms with van der Waals surface area (Å²) in [5, 5.41) is 0. The van der Waals surface area contributed by atoms with E-state index in [1.54, 1.807) is 0 Å². The molecule has 0 radical (unpaired) electrons. The third-order valence-electron chi connectivity index (χ3n) is 4.06. The fourth-order valence-electron chi connectivity index (χ4n) is 2.65. The number of rotatable bonds is 5. The molecule has 104 valence electrons. The van der Waals surface area contributed by atoms with Gasteiger partial charge < -0.3 is 4.74 Å². The molecule has 2 nitrogen and oxygen atoms in total. The molecule has 0 atom stereocenters. The zero-order valence-electron chi connectivity index (χ0n) is 12.2. The van der Waals surface area contributed by atoms with Crippen molar-refractivity contribution in [3.8, 4) is 5.75 Å². The summed E-state index contributed by atoms with van der Waals surface area (Å²) in [7, 11) is 0. The number of hydrogen-bond acceptors (Lipinski definition) is 2. The number of hydrogen-bond donors (Lipinski definition) is 0. The summed E-state index contributed by atoms with van der Waals surface area (Å²) in [5.41, 5.74) is 2.36. The maximum absolute atomic E-state index is 12.0. The van der Waals surface area contributed by atoms with Crippen LogP contribution in [0.5, 0.6) is 5.75 Å². The standard InChI is InChI=1S/C17H24O2/c1-12(2)15-9-8-13(3)17(10-15)19-11-16(18)14-6-4-5-7-14/h8-10,12,14H,4-7,11H2,1-3H3. The molecule has 1 aliphatic carbocycles. The van der Waals surface area contributed by atoms with Crippen LogP contribution in [-0.2, 0) is 4.79 Å². The van der Waals surface area contributed by atoms with Crippen molar-refractivity contribution in [3.05, 3.63) is 29.3 Å². The van der Waals surface area contributed by atoms with Crippen LogP contribution in [0.1, 0.15) is 56.6 Å². The predicted molar refractivity (Wildman–Crippen MR) is 77.7 cm³/mol. The first-order chi connectivity index (χ1) is 9.08. The van der Waals surface area contributed by atoms with E-state index in [1.165, 1.54) is 18.4 Å². The lowest BCUT2D eigenvalue weighted by atomic mass is 10.0. The highest BCUT2D eigenvalue weighted by molar-refractivity contribution is 5.82. The number of ketones is 1. The molecule has 0 saturated heterocycles. The second-order valence-electron chi connectivity index (χ2n) is 5.92. The van der Waals surface area contributed by atoms with Gasteiger partial charge >= 0.3 is 0 Å². The Morgan fingerprint density at radius 1 is 1.32 bits per heavy atom. The van der Waals surface area contributed by atoms with Gasteiger partial charge in [0.25, 0.3) is 0 Å². The van der Waals surface area contributed by atoms with Gasteiger partial charge in [0.2, 0.25) is 0 Å². The minimum atomic E-state index is 0.229. The van der Waals surface area contributed by atoms with Gasteiger partial charge in [0.1, 0.15) is 12.4 Å². The molecule has 2 heteroatoms. The predicted octanol–water partition coefficient (Wildman–Crippen LogP) is 4.26. The van der Waals surface area contributed by atoms with Crippen molar-refractivity contribution >= 4 is 5.78 Å². The minimum absolute atomic E-state index is 0.229. The van der Waals surface area contributed by atoms with Crippen molar-refractivity contribution in [2.24, 2.45) is 5.92 Å². The first-order valence-electron chi connectivity index (χ1n) is 7.34. The lowest BCUT2D eigenvalue weighted by Gasteiger charge is -2.14. The number of benzene rings is 1. The van der Waals surface area contributed by atoms with Gasteiger partial charge in [0.15, 0.2) is 5.78 Å². The molecule has 0 N–H and O–H groups in total. The van der Waals surface area contributed by atoms with E-state index in [0.717, 1.165) is 24.2 Å². The van der Waals surface area contributed by atoms with Crippen molar-refractivity contribution < 1.29 is 9.53 Å². The highest BCUT2D eigenvalue weighted by atomic mass is 16.5. The Morgan fingerprint density at radius 2 is 2.00 bits per heavy atom. The van der Waals surface area contributed by atoms with Crippen LogP contribution < -0.4 is 4.74 Å². The van der Waals surface area contributed by atoms with Crippen LogP contribution in [-0.4, -0.2) is 12.4 Å². The summed E-state index contributed by atoms with van der Waals surface area (Å²) in [6, 6.07) is 6.28. The van der Waals surface area contributed by atoms with Crippen LogP contribution in [0.2, 0.25) is 0 Å². The van der Waals surface area contributed by atoms with Crippen LogP contribution in [0.4, 0.5) is 0 Å². The average Bonchev–Trinajstić information content (AvgIpc) is 2.91. The van der Waals surface area contributed by atoms with Crippen LogP contribution in [0.25, 0.3) is 0 Å². The Labute approximate surface area is 116 Å². The molecule has 0 spiro atoms. The van der Waals surface area contributed by atoms with Gasteiger partial charge in [-0.05, 0) is 42.9 Å². The van der Waals surface area contributed by atoms with Crippen molar-refractivity contribution in [1.29, 1.82) is 0 Å². The van der Waals surface area contributed by atoms with Crippen molar-refractivity contribution in [1.82, 2.24) is 0 Å². The molecule has 0 aromatic heterocycles. The van der Waals surface area contributed by atoms with Gasteiger partial charge in [0, 0.05) is 5.92 Å². The summed E-state index contributed by atoms with van der Waals surface area (Å²) >= 11 is 0. The SMILES string of the molecule is Cc1ccc(C(C)C)cc1OCC(=O)C1CCCC1. The molecular formula is C17H24O2. The van der Waals surface area contributed by atoms with Crippen LogP contribution >= 0.6 is 0 Å². The van der Waals surface area contributed by atoms with E-state index in [1.807, 2.05) is 6.92 Å². The quantitative estimate of drug-likeness (QED) is 0.791. The lowest BCUT2D eigenvalue weighted by molar-refractivity contribution is -0.124. The number of carbonyl (C=O) groups is 1. The third kappa shape index (κ3) is 3.59. The Morgan fingerprint density at radius 3 is 2.63 bits per heavy atom. The van der Waals surface area contributed by atoms with Crippen molar-refractivity contribution in [3.63, 3.8) is 0 Å². The summed E-state index contributed by atoms with van der Waals surface area (Å²) in [6.45, 7) is 6.59. The van der Waals surface area contributed by atoms with Crippen LogP contribution in [0.15, 0.2) is 18.2 Å². The largest absolute Gasteiger partial charge is 0.486 e. The summed E-state index contributed by atoms with van der Waals surface area (Å²) in [4.78, 5) is 12.0. The minimum Gasteiger partial charge on any atom is -0.486 e. The van der Waals surface area contributed by atoms with Crippen molar-refractivity contribution in [2.45, 2.75) is 52.4 Å². The normalized spacial score (nSPS) is 16.0. The Balaban J connectivity index is 1.98. The Hall–Kier alpha value is -1.31. The van der Waals surface area contributed by atoms with Crippen LogP contribution in [0, 0.1) is 12.8 Å². The van der Waals surface area contributed by atoms with Gasteiger partial charge in [-0.2, -0.15) is 0 Å². The summed E-state index contributed by atoms with van der Waals surface area (Å²) in [5.74, 6) is 1.85. The smallest absolute Gasteiger partial charge is 0.173 e. The fraction of sp³-hybridized carbons (Fsp3) is 0.588. The molecule has 1 aromatic carbocycles. The molecule has 1 saturated carbocycles. The molecule has 19 heavy (non-hydrogen) atoms. The first-order valence-corrected chi connectivity index (χ1v) is 7.34. The van der Waals surface area contributed by atoms with E-state index < -0.39 is 0 Å². The highest BCUT2D eigenvalue weighted by Gasteiger charge is 2.22. The molecule has 1 fully saturated rings. The molecule has 0 aliphatic heterocycles. The monoisotopic (exact) mass is 260 g/mol. The summed E-state index contributed by atoms with van der Waals surface area (Å²) < 4.78 is 5.75. The zero-order valence-corrected chi connectivity index (χ0v) is 12.2. The van der Waals surface area contributed by atoms with E-state index in [0.29, 0.717) is 5.92 Å². The van der Waals surface area contributed by atoms with Crippen molar-refractivity contribution in [2.75, 3.05) is 6.61 Å². The second kappa shape index (κ2) is 6.23. The maximum Gasteiger partial charge on any atom is 0.173 e. The first kappa shape index (κ1) is 14.1. The number of ether oxygens (including phenoxy) is 1. The zero-order chi connectivity index (χ0) is 13.8. The van der Waals surface area contributed by atoms with E-state index in [4.69, 9.17) is 4.74 Å². The molecule has 1 aliphatic rings. The van der Waals surface area contributed by atoms with Gasteiger partial charge in [-0.15, -0.1) is 0 Å². The maximum atomic E-state index is 12.0. The summed E-state index contributed by atoms with van der Waals surface area (Å²) in [6.07, 6.45) is 4.48. The van der Waals surface area contributed by atoms with Crippen LogP contribution in [0.3, 0.4) is 0 Å². The molecule has 0 amide bonds. The second-order valence-corrected chi connectivity index (χ2v) is 5.92. The van der Waals surface area contributed by atoms with E-state index in [-0.39, 0.29) is 18.3 Å². The lowest BCUT2D eigenvalue weighted by Crippen LogP contribution is -2.19. The number of aryl methyl sites for hydroxylation is 1. The van der Waals surface area contributed by atoms with Gasteiger partial charge in [-0.3, -0.25) is 4.79 Å². The van der Waals surface area contributed by atoms with E-state index >= 15 is 0 Å². The van der Waals surface area contributed by atoms with E-state index in [2.05, 4.69) is 32.0 Å². The third-order valence-corrected chi connectivity index (χ3v) is 4.06. The fourth-order valence-corrected chi connectivity index (χ4v) is 2.65. The molecule has 2 rings (SSSR count). The molecule has 0 unspecified atom stereocenters. The number of carbonyl (C=O) groups excluding carboxylic acids is 1. The highest BCUT2D eigenvalue weighted by Crippen LogP contribution is 2.27.